The van der Waals surface area contributed by atoms with E-state index >= 15 is 0 Å². The van der Waals surface area contributed by atoms with Crippen LogP contribution < -0.4 is 10.6 Å². The topological polar surface area (TPSA) is 489 Å². The van der Waals surface area contributed by atoms with Crippen molar-refractivity contribution >= 4 is 54.9 Å². The molecular formula is C52H87N2O29S3-3. The Balaban J connectivity index is 0.000000452. The summed E-state index contributed by atoms with van der Waals surface area (Å²) < 4.78 is 154. The second-order valence-electron chi connectivity index (χ2n) is 26.4. The van der Waals surface area contributed by atoms with Crippen molar-refractivity contribution in [3.63, 3.8) is 0 Å². The highest BCUT2D eigenvalue weighted by Gasteiger charge is 2.76. The summed E-state index contributed by atoms with van der Waals surface area (Å²) >= 11 is 0. The molecule has 500 valence electrons. The molecule has 31 nitrogen and oxygen atoms in total. The summed E-state index contributed by atoms with van der Waals surface area (Å²) in [6.07, 6.45) is 0. The Labute approximate surface area is 502 Å². The predicted octanol–water partition coefficient (Wildman–Crippen LogP) is 0.182. The number of carboxylic acid groups (broad SMARTS) is 2. The van der Waals surface area contributed by atoms with Gasteiger partial charge in [0.25, 0.3) is 0 Å². The average molecular weight is 1300 g/mol. The zero-order valence-electron chi connectivity index (χ0n) is 52.6. The van der Waals surface area contributed by atoms with Crippen molar-refractivity contribution < 1.29 is 135 Å². The van der Waals surface area contributed by atoms with E-state index in [4.69, 9.17) is 32.6 Å². The Morgan fingerprint density at radius 3 is 1.05 bits per heavy atom. The molecule has 0 radical (unpaired) electrons. The van der Waals surface area contributed by atoms with Crippen LogP contribution in [0, 0.1) is 10.8 Å². The fourth-order valence-corrected chi connectivity index (χ4v) is 13.9. The molecule has 9 N–H and O–H groups in total. The highest BCUT2D eigenvalue weighted by molar-refractivity contribution is 7.81. The van der Waals surface area contributed by atoms with E-state index in [0.717, 1.165) is 27.7 Å². The molecule has 14 atom stereocenters. The van der Waals surface area contributed by atoms with Gasteiger partial charge >= 0.3 is 11.9 Å². The number of carbonyl (C=O) groups excluding carboxylic acids is 2. The van der Waals surface area contributed by atoms with Crippen molar-refractivity contribution in [2.75, 3.05) is 39.6 Å². The van der Waals surface area contributed by atoms with E-state index < -0.39 is 195 Å². The third-order valence-electron chi connectivity index (χ3n) is 20.5. The molecule has 4 aliphatic rings. The second kappa shape index (κ2) is 22.9. The molecule has 34 heteroatoms. The van der Waals surface area contributed by atoms with Crippen molar-refractivity contribution in [2.45, 2.75) is 231 Å². The van der Waals surface area contributed by atoms with Crippen LogP contribution in [0.3, 0.4) is 0 Å². The van der Waals surface area contributed by atoms with Crippen LogP contribution in [0.1, 0.15) is 152 Å². The van der Waals surface area contributed by atoms with Gasteiger partial charge in [-0.1, -0.05) is 13.8 Å². The number of ether oxygens (including phenoxy) is 6. The third kappa shape index (κ3) is 12.6. The first-order valence-electron chi connectivity index (χ1n) is 26.6. The molecule has 2 saturated heterocycles. The van der Waals surface area contributed by atoms with E-state index in [1.807, 2.05) is 0 Å². The quantitative estimate of drug-likeness (QED) is 0.0580. The number of amides is 2. The number of aliphatic hydroxyl groups is 5. The Kier molecular flexibility index (Phi) is 20.3. The van der Waals surface area contributed by atoms with E-state index in [-0.39, 0.29) is 11.1 Å². The first kappa shape index (κ1) is 76.5. The minimum Gasteiger partial charge on any atom is -0.726 e. The summed E-state index contributed by atoms with van der Waals surface area (Å²) in [5.74, 6) is -5.55. The first-order valence-corrected chi connectivity index (χ1v) is 30.6. The Morgan fingerprint density at radius 2 is 0.756 bits per heavy atom. The molecule has 14 unspecified atom stereocenters. The largest absolute Gasteiger partial charge is 0.726 e. The molecule has 0 spiro atoms. The van der Waals surface area contributed by atoms with Crippen LogP contribution >= 0.6 is 0 Å². The maximum atomic E-state index is 12.3. The fourth-order valence-electron chi connectivity index (χ4n) is 12.5. The van der Waals surface area contributed by atoms with Gasteiger partial charge in [0.2, 0.25) is 54.5 Å². The first-order chi connectivity index (χ1) is 37.7. The maximum Gasteiger partial charge on any atom is 0.371 e. The van der Waals surface area contributed by atoms with Crippen molar-refractivity contribution in [3.8, 4) is 0 Å². The third-order valence-corrected chi connectivity index (χ3v) is 21.9. The zero-order chi connectivity index (χ0) is 68.1. The number of rotatable bonds is 20. The van der Waals surface area contributed by atoms with Crippen LogP contribution in [0.25, 0.3) is 0 Å². The molecule has 86 heavy (non-hydrogen) atoms. The van der Waals surface area contributed by atoms with E-state index in [0.29, 0.717) is 0 Å². The SMILES string of the molecule is CC(=O)NC1(C)C(C)(C)OC(C)(COS(=O)(=O)[O-])C(C)(COCC2(C)OC(C(=O)O)=C(C)C(C)(O)C2(C)O)C1(C)O.CC(=O)NC1(C)C(C)(C)OC(C)(COS(=O)(=O)[O-])C(C)(COCC2(C)OC(C(=O)O)=C(C)C(C)(O)C2(C)OS(=O)(=O)[O-])C1(C)O. The minimum atomic E-state index is -5.56. The molecule has 2 fully saturated rings. The van der Waals surface area contributed by atoms with Crippen molar-refractivity contribution in [3.05, 3.63) is 22.7 Å². The smallest absolute Gasteiger partial charge is 0.371 e. The van der Waals surface area contributed by atoms with Crippen LogP contribution in [0.5, 0.6) is 0 Å². The number of hydrogen-bond acceptors (Lipinski definition) is 27. The molecule has 0 aliphatic carbocycles. The summed E-state index contributed by atoms with van der Waals surface area (Å²) in [7, 11) is -16.0. The molecule has 4 aliphatic heterocycles. The van der Waals surface area contributed by atoms with Gasteiger partial charge in [-0.25, -0.2) is 34.8 Å². The Morgan fingerprint density at radius 1 is 0.453 bits per heavy atom. The van der Waals surface area contributed by atoms with Crippen molar-refractivity contribution in [2.24, 2.45) is 10.8 Å². The number of carboxylic acids is 2. The highest BCUT2D eigenvalue weighted by atomic mass is 32.3. The molecule has 2 amide bonds. The van der Waals surface area contributed by atoms with E-state index in [2.05, 4.69) is 19.0 Å². The van der Waals surface area contributed by atoms with Crippen LogP contribution in [0.15, 0.2) is 22.7 Å². The van der Waals surface area contributed by atoms with Gasteiger partial charge in [-0.05, 0) is 125 Å². The van der Waals surface area contributed by atoms with Crippen LogP contribution in [0.2, 0.25) is 0 Å². The number of aliphatic carboxylic acids is 2. The molecule has 0 aromatic rings. The standard InChI is InChI=1S/C26H45NO16S2.C26H45NO13S/c1-15-17(18(29)30)41-22(7,26(11,23(15,8)31)43-45(36,37)38)13-39-12-20(5)21(6,14-40-44(33,34)35)42-19(3,4)24(9,25(20,10)32)27-16(2)28;1-15-17(18(29)30)39-22(7,26(11,33)23(15,8)31)13-37-12-20(5)21(6,14-38-41(34,35)36)40-19(3,4)24(9,25(20,10)32)27-16(2)28/h31-32H,12-14H2,1-11H3,(H,27,28)(H,29,30)(H,33,34,35)(H,36,37,38);31-33H,12-14H2,1-11H3,(H,27,28)(H,29,30)(H,34,35,36)/p-3. The summed E-state index contributed by atoms with van der Waals surface area (Å²) in [6.45, 7) is 25.1. The molecule has 0 bridgehead atoms. The van der Waals surface area contributed by atoms with Crippen molar-refractivity contribution in [1.29, 1.82) is 0 Å². The van der Waals surface area contributed by atoms with Crippen LogP contribution in [-0.2, 0) is 91.3 Å². The van der Waals surface area contributed by atoms with Gasteiger partial charge < -0.3 is 88.5 Å². The van der Waals surface area contributed by atoms with E-state index in [1.165, 1.54) is 111 Å². The van der Waals surface area contributed by atoms with Gasteiger partial charge in [-0.3, -0.25) is 22.1 Å². The number of hydrogen-bond donors (Lipinski definition) is 9. The molecule has 0 aromatic heterocycles. The van der Waals surface area contributed by atoms with Gasteiger partial charge in [0.05, 0.1) is 84.0 Å². The zero-order valence-corrected chi connectivity index (χ0v) is 55.0. The monoisotopic (exact) mass is 1300 g/mol. The molecule has 0 aromatic carbocycles. The molecule has 0 saturated carbocycles. The Bertz CT molecular complexity index is 3100. The number of nitrogens with one attached hydrogen (secondary N) is 2. The minimum absolute atomic E-state index is 0.111. The maximum absolute atomic E-state index is 12.3. The summed E-state index contributed by atoms with van der Waals surface area (Å²) in [5.41, 5.74) is -30.9. The fraction of sp³-hybridized carbons (Fsp3) is 0.846. The lowest BCUT2D eigenvalue weighted by molar-refractivity contribution is -0.354. The van der Waals surface area contributed by atoms with Crippen molar-refractivity contribution in [1.82, 2.24) is 10.6 Å². The number of carbonyl (C=O) groups is 4. The normalized spacial score (nSPS) is 41.7. The average Bonchev–Trinajstić information content (AvgIpc) is 0.709. The summed E-state index contributed by atoms with van der Waals surface area (Å²) in [5, 5.41) is 83.3. The van der Waals surface area contributed by atoms with Crippen LogP contribution in [0.4, 0.5) is 0 Å². The summed E-state index contributed by atoms with van der Waals surface area (Å²) in [4.78, 5) is 48.5. The van der Waals surface area contributed by atoms with Gasteiger partial charge in [-0.15, -0.1) is 0 Å². The second-order valence-corrected chi connectivity index (χ2v) is 29.4. The van der Waals surface area contributed by atoms with Gasteiger partial charge in [0.15, 0.2) is 16.8 Å². The van der Waals surface area contributed by atoms with E-state index in [1.54, 1.807) is 13.8 Å². The Hall–Kier alpha value is -3.79. The molecular weight excluding hydrogens is 1210 g/mol. The van der Waals surface area contributed by atoms with Crippen LogP contribution in [-0.4, -0.2) is 216 Å². The lowest BCUT2D eigenvalue weighted by Crippen LogP contribution is -2.85. The lowest BCUT2D eigenvalue weighted by atomic mass is 9.51. The van der Waals surface area contributed by atoms with E-state index in [9.17, 15) is 93.8 Å². The predicted molar refractivity (Wildman–Crippen MR) is 293 cm³/mol. The molecule has 4 rings (SSSR count). The summed E-state index contributed by atoms with van der Waals surface area (Å²) in [6, 6.07) is 0. The van der Waals surface area contributed by atoms with Gasteiger partial charge in [-0.2, -0.15) is 0 Å². The highest BCUT2D eigenvalue weighted by Crippen LogP contribution is 2.61. The lowest BCUT2D eigenvalue weighted by Gasteiger charge is -2.69. The molecule has 4 heterocycles. The van der Waals surface area contributed by atoms with Gasteiger partial charge in [0.1, 0.15) is 28.0 Å². The van der Waals surface area contributed by atoms with Gasteiger partial charge in [0, 0.05) is 25.0 Å².